The van der Waals surface area contributed by atoms with Crippen molar-refractivity contribution in [2.45, 2.75) is 0 Å². The molecule has 0 saturated heterocycles. The summed E-state index contributed by atoms with van der Waals surface area (Å²) in [7, 11) is 0. The van der Waals surface area contributed by atoms with E-state index in [4.69, 9.17) is 0 Å². The topological polar surface area (TPSA) is 24.7 Å². The number of benzene rings is 2. The number of hydrogen-bond acceptors (Lipinski definition) is 2. The molecule has 0 aliphatic heterocycles. The maximum absolute atomic E-state index is 4.34. The molecular weight excluding hydrogens is 572 g/mol. The van der Waals surface area contributed by atoms with Crippen LogP contribution in [0.3, 0.4) is 0 Å². The van der Waals surface area contributed by atoms with Crippen LogP contribution < -0.4 is 0 Å². The molecule has 6 rings (SSSR count). The zero-order valence-corrected chi connectivity index (χ0v) is 23.8. The molecule has 0 heterocycles. The minimum absolute atomic E-state index is 0. The Labute approximate surface area is 260 Å². The summed E-state index contributed by atoms with van der Waals surface area (Å²) in [6.07, 6.45) is 10.0. The van der Waals surface area contributed by atoms with Gasteiger partial charge in [-0.2, -0.15) is 89.5 Å². The van der Waals surface area contributed by atoms with Crippen LogP contribution in [0.1, 0.15) is 22.3 Å². The maximum Gasteiger partial charge on any atom is 2.00 e. The molecule has 2 nitrogen and oxygen atoms in total. The third kappa shape index (κ3) is 12.4. The number of azo groups is 1. The molecule has 0 bridgehead atoms. The van der Waals surface area contributed by atoms with Crippen molar-refractivity contribution in [2.75, 3.05) is 0 Å². The van der Waals surface area contributed by atoms with E-state index in [1.165, 1.54) is 0 Å². The van der Waals surface area contributed by atoms with Crippen molar-refractivity contribution in [3.63, 3.8) is 0 Å². The average Bonchev–Trinajstić information content (AvgIpc) is 3.80. The second-order valence-corrected chi connectivity index (χ2v) is 8.07. The van der Waals surface area contributed by atoms with E-state index >= 15 is 0 Å². The van der Waals surface area contributed by atoms with Gasteiger partial charge < -0.3 is 6.42 Å². The third-order valence-electron chi connectivity index (χ3n) is 5.11. The van der Waals surface area contributed by atoms with Crippen LogP contribution in [0.5, 0.6) is 0 Å². The van der Waals surface area contributed by atoms with Crippen LogP contribution in [0.4, 0.5) is 11.4 Å². The van der Waals surface area contributed by atoms with Crippen molar-refractivity contribution in [2.24, 2.45) is 10.2 Å². The van der Waals surface area contributed by atoms with Crippen LogP contribution in [-0.4, -0.2) is 0 Å². The van der Waals surface area contributed by atoms with Crippen molar-refractivity contribution in [1.82, 2.24) is 0 Å². The first kappa shape index (κ1) is 32.5. The van der Waals surface area contributed by atoms with Gasteiger partial charge in [0, 0.05) is 11.1 Å². The monoisotopic (exact) mass is 598 g/mol. The standard InChI is InChI=1S/C26H16N2.2C5H5.2Fe/c1-2-8-21(7-1)15-17-23-11-5-13-25(19-23)27-28-26-14-6-12-24(20-26)18-16-22-9-3-4-10-22;2*1-2-4-5-3-1;;/h1-14,19-20H;2*1-5H;;/q-2;2*-1;2*+2. The van der Waals surface area contributed by atoms with Crippen LogP contribution in [-0.2, 0) is 34.1 Å². The summed E-state index contributed by atoms with van der Waals surface area (Å²) < 4.78 is 0. The van der Waals surface area contributed by atoms with Gasteiger partial charge in [-0.1, -0.05) is 25.0 Å². The Balaban J connectivity index is 0.000000392. The molecule has 4 radical (unpaired) electrons. The number of nitrogens with zero attached hydrogens (tertiary/aromatic N) is 2. The van der Waals surface area contributed by atoms with E-state index in [0.717, 1.165) is 33.6 Å². The molecule has 0 atom stereocenters. The van der Waals surface area contributed by atoms with Gasteiger partial charge in [-0.3, -0.25) is 0 Å². The summed E-state index contributed by atoms with van der Waals surface area (Å²) in [5.41, 5.74) is 5.36. The van der Waals surface area contributed by atoms with Gasteiger partial charge in [0.2, 0.25) is 0 Å². The molecule has 0 spiro atoms. The first-order chi connectivity index (χ1) is 18.8. The Hall–Kier alpha value is -3.75. The molecule has 5 aromatic rings. The van der Waals surface area contributed by atoms with E-state index in [1.807, 2.05) is 159 Å². The van der Waals surface area contributed by atoms with Gasteiger partial charge >= 0.3 is 34.1 Å². The van der Waals surface area contributed by atoms with Crippen LogP contribution in [0.25, 0.3) is 0 Å². The molecule has 0 amide bonds. The summed E-state index contributed by atoms with van der Waals surface area (Å²) in [5, 5.41) is 8.68. The van der Waals surface area contributed by atoms with Crippen LogP contribution in [0.15, 0.2) is 138 Å². The predicted octanol–water partition coefficient (Wildman–Crippen LogP) is 8.76. The fourth-order valence-electron chi connectivity index (χ4n) is 3.25. The van der Waals surface area contributed by atoms with Gasteiger partial charge in [-0.15, -0.1) is 35.1 Å². The maximum atomic E-state index is 4.34. The SMILES string of the molecule is C(#Cc1ccc[cH-]1)c1cccc(N=Nc2cccc(C#Cc3ccc[cH-]3)c2)c1.[CH]1[CH][CH][CH-][CH]1.[Fe+2].[Fe+2].c1cc[cH-]c1. The molecule has 1 fully saturated rings. The minimum Gasteiger partial charge on any atom is -0.326 e. The van der Waals surface area contributed by atoms with E-state index in [-0.39, 0.29) is 34.1 Å². The molecule has 0 unspecified atom stereocenters. The average molecular weight is 598 g/mol. The molecule has 1 saturated carbocycles. The Morgan fingerprint density at radius 2 is 1.00 bits per heavy atom. The fourth-order valence-corrected chi connectivity index (χ4v) is 3.25. The molecule has 1 aliphatic rings. The van der Waals surface area contributed by atoms with Gasteiger partial charge in [0.05, 0.1) is 11.4 Å². The normalized spacial score (nSPS) is 11.1. The molecule has 1 aliphatic carbocycles. The second-order valence-electron chi connectivity index (χ2n) is 8.07. The first-order valence-electron chi connectivity index (χ1n) is 12.3. The van der Waals surface area contributed by atoms with E-state index < -0.39 is 0 Å². The van der Waals surface area contributed by atoms with Gasteiger partial charge in [0.1, 0.15) is 0 Å². The quantitative estimate of drug-likeness (QED) is 0.0841. The summed E-state index contributed by atoms with van der Waals surface area (Å²) in [5.74, 6) is 12.6. The van der Waals surface area contributed by atoms with Crippen LogP contribution in [0.2, 0.25) is 0 Å². The largest absolute Gasteiger partial charge is 2.00 e. The Morgan fingerprint density at radius 3 is 1.35 bits per heavy atom. The van der Waals surface area contributed by atoms with Gasteiger partial charge in [-0.05, 0) is 36.4 Å². The molecule has 4 heteroatoms. The zero-order valence-electron chi connectivity index (χ0n) is 21.6. The second kappa shape index (κ2) is 19.3. The molecule has 40 heavy (non-hydrogen) atoms. The summed E-state index contributed by atoms with van der Waals surface area (Å²) in [6, 6.07) is 41.4. The van der Waals surface area contributed by atoms with Gasteiger partial charge in [0.15, 0.2) is 0 Å². The van der Waals surface area contributed by atoms with Crippen molar-refractivity contribution in [3.05, 3.63) is 182 Å². The fraction of sp³-hybridized carbons (Fsp3) is 0. The van der Waals surface area contributed by atoms with E-state index in [1.54, 1.807) is 0 Å². The Kier molecular flexibility index (Phi) is 15.7. The van der Waals surface area contributed by atoms with Crippen molar-refractivity contribution in [3.8, 4) is 23.7 Å². The van der Waals surface area contributed by atoms with Crippen molar-refractivity contribution < 1.29 is 34.1 Å². The molecule has 5 aromatic carbocycles. The van der Waals surface area contributed by atoms with E-state index in [2.05, 4.69) is 33.9 Å². The van der Waals surface area contributed by atoms with E-state index in [9.17, 15) is 0 Å². The zero-order chi connectivity index (χ0) is 26.1. The third-order valence-corrected chi connectivity index (χ3v) is 5.11. The van der Waals surface area contributed by atoms with Gasteiger partial charge in [-0.25, -0.2) is 12.1 Å². The van der Waals surface area contributed by atoms with Crippen LogP contribution in [0, 0.1) is 55.8 Å². The Bertz CT molecular complexity index is 1360. The van der Waals surface area contributed by atoms with Gasteiger partial charge in [0.25, 0.3) is 0 Å². The minimum atomic E-state index is 0. The summed E-state index contributed by atoms with van der Waals surface area (Å²) in [4.78, 5) is 0. The van der Waals surface area contributed by atoms with E-state index in [0.29, 0.717) is 0 Å². The molecule has 196 valence electrons. The number of hydrogen-bond donors (Lipinski definition) is 0. The summed E-state index contributed by atoms with van der Waals surface area (Å²) in [6.45, 7) is 0. The molecular formula is C36H26Fe2N2. The Morgan fingerprint density at radius 1 is 0.500 bits per heavy atom. The van der Waals surface area contributed by atoms with Crippen molar-refractivity contribution in [1.29, 1.82) is 0 Å². The van der Waals surface area contributed by atoms with Crippen LogP contribution >= 0.6 is 0 Å². The smallest absolute Gasteiger partial charge is 0.326 e. The predicted molar refractivity (Wildman–Crippen MR) is 157 cm³/mol. The summed E-state index contributed by atoms with van der Waals surface area (Å²) >= 11 is 0. The molecule has 0 aromatic heterocycles. The number of rotatable bonds is 2. The first-order valence-corrected chi connectivity index (χ1v) is 12.3. The molecule has 0 N–H and O–H groups in total. The van der Waals surface area contributed by atoms with Crippen molar-refractivity contribution >= 4 is 11.4 Å².